The second-order valence-corrected chi connectivity index (χ2v) is 3.90. The molecule has 0 bridgehead atoms. The third kappa shape index (κ3) is 3.30. The van der Waals surface area contributed by atoms with Gasteiger partial charge in [0.25, 0.3) is 0 Å². The molecule has 2 unspecified atom stereocenters. The summed E-state index contributed by atoms with van der Waals surface area (Å²) in [7, 11) is 1.31. The van der Waals surface area contributed by atoms with Gasteiger partial charge in [-0.3, -0.25) is 4.79 Å². The van der Waals surface area contributed by atoms with E-state index in [-0.39, 0.29) is 18.3 Å². The maximum atomic E-state index is 11.1. The predicted octanol–water partition coefficient (Wildman–Crippen LogP) is 1.79. The van der Waals surface area contributed by atoms with E-state index in [0.29, 0.717) is 11.1 Å². The van der Waals surface area contributed by atoms with Gasteiger partial charge in [-0.2, -0.15) is 5.26 Å². The highest BCUT2D eigenvalue weighted by Crippen LogP contribution is 2.26. The van der Waals surface area contributed by atoms with Crippen molar-refractivity contribution in [3.63, 3.8) is 0 Å². The Morgan fingerprint density at radius 1 is 1.53 bits per heavy atom. The zero-order valence-corrected chi connectivity index (χ0v) is 9.88. The Balaban J connectivity index is 2.85. The van der Waals surface area contributed by atoms with Crippen molar-refractivity contribution < 1.29 is 14.6 Å². The van der Waals surface area contributed by atoms with E-state index in [1.807, 2.05) is 6.07 Å². The van der Waals surface area contributed by atoms with E-state index in [9.17, 15) is 9.90 Å². The number of hydrogen-bond acceptors (Lipinski definition) is 4. The number of esters is 1. The van der Waals surface area contributed by atoms with Gasteiger partial charge < -0.3 is 9.84 Å². The molecule has 0 saturated heterocycles. The molecule has 4 nitrogen and oxygen atoms in total. The van der Waals surface area contributed by atoms with Gasteiger partial charge in [0.05, 0.1) is 31.3 Å². The van der Waals surface area contributed by atoms with Crippen molar-refractivity contribution in [2.75, 3.05) is 7.11 Å². The first-order valence-electron chi connectivity index (χ1n) is 5.34. The first kappa shape index (κ1) is 13.2. The van der Waals surface area contributed by atoms with E-state index in [1.54, 1.807) is 31.2 Å². The van der Waals surface area contributed by atoms with Crippen LogP contribution in [0.1, 0.15) is 30.6 Å². The molecule has 0 saturated carbocycles. The van der Waals surface area contributed by atoms with Gasteiger partial charge in [0, 0.05) is 0 Å². The Kier molecular flexibility index (Phi) is 4.68. The van der Waals surface area contributed by atoms with Crippen molar-refractivity contribution in [2.24, 2.45) is 5.92 Å². The Morgan fingerprint density at radius 2 is 2.18 bits per heavy atom. The molecule has 0 radical (unpaired) electrons. The number of methoxy groups -OCH3 is 1. The molecule has 0 aliphatic heterocycles. The highest BCUT2D eigenvalue weighted by Gasteiger charge is 2.21. The first-order chi connectivity index (χ1) is 8.10. The molecule has 0 aliphatic rings. The molecule has 0 spiro atoms. The fourth-order valence-electron chi connectivity index (χ4n) is 1.62. The highest BCUT2D eigenvalue weighted by molar-refractivity contribution is 5.69. The Bertz CT molecular complexity index is 437. The average molecular weight is 233 g/mol. The number of nitrogens with zero attached hydrogens (tertiary/aromatic N) is 1. The molecule has 1 aromatic rings. The number of carbonyl (C=O) groups is 1. The van der Waals surface area contributed by atoms with Gasteiger partial charge in [0.2, 0.25) is 0 Å². The Labute approximate surface area is 100 Å². The summed E-state index contributed by atoms with van der Waals surface area (Å²) in [6.07, 6.45) is -0.720. The average Bonchev–Trinajstić information content (AvgIpc) is 2.37. The van der Waals surface area contributed by atoms with Crippen molar-refractivity contribution in [2.45, 2.75) is 19.4 Å². The molecule has 0 aromatic heterocycles. The molecule has 0 aliphatic carbocycles. The van der Waals surface area contributed by atoms with Crippen molar-refractivity contribution in [1.29, 1.82) is 5.26 Å². The Morgan fingerprint density at radius 3 is 2.76 bits per heavy atom. The normalized spacial score (nSPS) is 13.5. The third-order valence-corrected chi connectivity index (χ3v) is 2.66. The molecule has 17 heavy (non-hydrogen) atoms. The fourth-order valence-corrected chi connectivity index (χ4v) is 1.62. The summed E-state index contributed by atoms with van der Waals surface area (Å²) in [6.45, 7) is 1.75. The lowest BCUT2D eigenvalue weighted by Gasteiger charge is -2.18. The third-order valence-electron chi connectivity index (χ3n) is 2.66. The smallest absolute Gasteiger partial charge is 0.305 e. The number of hydrogen-bond donors (Lipinski definition) is 1. The van der Waals surface area contributed by atoms with Crippen molar-refractivity contribution >= 4 is 5.97 Å². The summed E-state index contributed by atoms with van der Waals surface area (Å²) in [4.78, 5) is 11.1. The van der Waals surface area contributed by atoms with Crippen LogP contribution in [0.15, 0.2) is 24.3 Å². The lowest BCUT2D eigenvalue weighted by Crippen LogP contribution is -2.15. The van der Waals surface area contributed by atoms with Crippen LogP contribution in [0.25, 0.3) is 0 Å². The Hall–Kier alpha value is -1.86. The minimum atomic E-state index is -0.843. The van der Waals surface area contributed by atoms with Crippen LogP contribution in [0, 0.1) is 17.2 Å². The van der Waals surface area contributed by atoms with Crippen LogP contribution in [0.2, 0.25) is 0 Å². The van der Waals surface area contributed by atoms with Gasteiger partial charge in [0.1, 0.15) is 0 Å². The lowest BCUT2D eigenvalue weighted by atomic mass is 9.92. The van der Waals surface area contributed by atoms with Crippen LogP contribution in [0.4, 0.5) is 0 Å². The molecule has 90 valence electrons. The summed E-state index contributed by atoms with van der Waals surface area (Å²) in [5, 5.41) is 19.0. The van der Waals surface area contributed by atoms with Gasteiger partial charge in [-0.15, -0.1) is 0 Å². The predicted molar refractivity (Wildman–Crippen MR) is 61.9 cm³/mol. The van der Waals surface area contributed by atoms with Crippen molar-refractivity contribution in [3.05, 3.63) is 35.4 Å². The zero-order valence-electron chi connectivity index (χ0n) is 9.88. The summed E-state index contributed by atoms with van der Waals surface area (Å²) in [5.41, 5.74) is 0.975. The van der Waals surface area contributed by atoms with Crippen LogP contribution >= 0.6 is 0 Å². The van der Waals surface area contributed by atoms with Crippen LogP contribution in [0.3, 0.4) is 0 Å². The summed E-state index contributed by atoms with van der Waals surface area (Å²) >= 11 is 0. The molecular formula is C13H15NO3. The van der Waals surface area contributed by atoms with E-state index >= 15 is 0 Å². The number of rotatable bonds is 4. The number of aliphatic hydroxyl groups is 1. The molecular weight excluding hydrogens is 218 g/mol. The van der Waals surface area contributed by atoms with Gasteiger partial charge >= 0.3 is 5.97 Å². The van der Waals surface area contributed by atoms with Crippen LogP contribution in [-0.2, 0) is 9.53 Å². The minimum Gasteiger partial charge on any atom is -0.469 e. The SMILES string of the molecule is COC(=O)CC(C)C(O)c1ccccc1C#N. The number of aliphatic hydroxyl groups excluding tert-OH is 1. The largest absolute Gasteiger partial charge is 0.469 e. The molecule has 1 aromatic carbocycles. The van der Waals surface area contributed by atoms with E-state index in [4.69, 9.17) is 5.26 Å². The standard InChI is InChI=1S/C13H15NO3/c1-9(7-12(15)17-2)13(16)11-6-4-3-5-10(11)8-14/h3-6,9,13,16H,7H2,1-2H3. The zero-order chi connectivity index (χ0) is 12.8. The second-order valence-electron chi connectivity index (χ2n) is 3.90. The highest BCUT2D eigenvalue weighted by atomic mass is 16.5. The number of carbonyl (C=O) groups excluding carboxylic acids is 1. The second kappa shape index (κ2) is 6.02. The van der Waals surface area contributed by atoms with E-state index in [1.165, 1.54) is 7.11 Å². The molecule has 2 atom stereocenters. The molecule has 4 heteroatoms. The fraction of sp³-hybridized carbons (Fsp3) is 0.385. The quantitative estimate of drug-likeness (QED) is 0.805. The number of benzene rings is 1. The molecule has 0 heterocycles. The van der Waals surface area contributed by atoms with Crippen molar-refractivity contribution in [3.8, 4) is 6.07 Å². The van der Waals surface area contributed by atoms with E-state index in [0.717, 1.165) is 0 Å². The maximum absolute atomic E-state index is 11.1. The van der Waals surface area contributed by atoms with E-state index < -0.39 is 6.10 Å². The first-order valence-corrected chi connectivity index (χ1v) is 5.34. The monoisotopic (exact) mass is 233 g/mol. The van der Waals surface area contributed by atoms with Gasteiger partial charge in [-0.05, 0) is 17.5 Å². The minimum absolute atomic E-state index is 0.122. The number of nitriles is 1. The van der Waals surface area contributed by atoms with Gasteiger partial charge in [-0.1, -0.05) is 25.1 Å². The van der Waals surface area contributed by atoms with Crippen molar-refractivity contribution in [1.82, 2.24) is 0 Å². The van der Waals surface area contributed by atoms with E-state index in [2.05, 4.69) is 4.74 Å². The molecule has 1 rings (SSSR count). The number of ether oxygens (including phenoxy) is 1. The van der Waals surface area contributed by atoms with Gasteiger partial charge in [-0.25, -0.2) is 0 Å². The summed E-state index contributed by atoms with van der Waals surface area (Å²) in [5.74, 6) is -0.664. The summed E-state index contributed by atoms with van der Waals surface area (Å²) < 4.78 is 4.55. The topological polar surface area (TPSA) is 70.3 Å². The van der Waals surface area contributed by atoms with Crippen LogP contribution in [-0.4, -0.2) is 18.2 Å². The molecule has 1 N–H and O–H groups in total. The van der Waals surface area contributed by atoms with Gasteiger partial charge in [0.15, 0.2) is 0 Å². The lowest BCUT2D eigenvalue weighted by molar-refractivity contribution is -0.142. The van der Waals surface area contributed by atoms with Crippen LogP contribution < -0.4 is 0 Å². The summed E-state index contributed by atoms with van der Waals surface area (Å²) in [6, 6.07) is 8.85. The van der Waals surface area contributed by atoms with Crippen LogP contribution in [0.5, 0.6) is 0 Å². The maximum Gasteiger partial charge on any atom is 0.305 e. The molecule has 0 fully saturated rings. The molecule has 0 amide bonds.